The van der Waals surface area contributed by atoms with E-state index in [4.69, 9.17) is 10.5 Å². The molecule has 0 radical (unpaired) electrons. The number of carbonyl (C=O) groups excluding carboxylic acids is 1. The van der Waals surface area contributed by atoms with Crippen LogP contribution >= 0.6 is 0 Å². The number of halogens is 2. The van der Waals surface area contributed by atoms with E-state index in [0.717, 1.165) is 44.3 Å². The number of ether oxygens (including phenoxy) is 1. The Bertz CT molecular complexity index is 1410. The predicted molar refractivity (Wildman–Crippen MR) is 148 cm³/mol. The van der Waals surface area contributed by atoms with Crippen molar-refractivity contribution in [2.75, 3.05) is 30.7 Å². The van der Waals surface area contributed by atoms with E-state index in [-0.39, 0.29) is 28.7 Å². The van der Waals surface area contributed by atoms with Crippen LogP contribution in [0.3, 0.4) is 0 Å². The summed E-state index contributed by atoms with van der Waals surface area (Å²) >= 11 is 0. The Labute approximate surface area is 227 Å². The number of nitrogens with two attached hydrogens (primary N) is 1. The van der Waals surface area contributed by atoms with E-state index in [9.17, 15) is 13.6 Å². The Hall–Kier alpha value is -4.01. The molecule has 2 heterocycles. The summed E-state index contributed by atoms with van der Waals surface area (Å²) in [6.07, 6.45) is 9.54. The molecule has 5 rings (SSSR count). The van der Waals surface area contributed by atoms with Crippen LogP contribution in [0.2, 0.25) is 0 Å². The van der Waals surface area contributed by atoms with Crippen LogP contribution in [0, 0.1) is 24.5 Å². The van der Waals surface area contributed by atoms with Crippen molar-refractivity contribution in [1.29, 1.82) is 0 Å². The second-order valence-corrected chi connectivity index (χ2v) is 10.3. The molecule has 7 nitrogen and oxygen atoms in total. The molecule has 1 atom stereocenters. The monoisotopic (exact) mass is 533 g/mol. The molecular formula is C30H33F2N5O2. The molecule has 1 aliphatic heterocycles. The summed E-state index contributed by atoms with van der Waals surface area (Å²) in [7, 11) is 0. The minimum Gasteiger partial charge on any atom is -0.487 e. The minimum atomic E-state index is -0.656. The smallest absolute Gasteiger partial charge is 0.258 e. The van der Waals surface area contributed by atoms with E-state index in [1.54, 1.807) is 13.0 Å². The number of nitrogens with one attached hydrogen (secondary N) is 1. The maximum atomic E-state index is 14.8. The van der Waals surface area contributed by atoms with Gasteiger partial charge >= 0.3 is 0 Å². The summed E-state index contributed by atoms with van der Waals surface area (Å²) in [5.74, 6) is -0.773. The van der Waals surface area contributed by atoms with Gasteiger partial charge in [-0.15, -0.1) is 0 Å². The van der Waals surface area contributed by atoms with Crippen LogP contribution in [0.1, 0.15) is 60.0 Å². The maximum Gasteiger partial charge on any atom is 0.258 e. The van der Waals surface area contributed by atoms with Crippen molar-refractivity contribution in [1.82, 2.24) is 14.9 Å². The molecule has 1 aliphatic carbocycles. The van der Waals surface area contributed by atoms with Gasteiger partial charge in [-0.3, -0.25) is 4.79 Å². The van der Waals surface area contributed by atoms with Crippen LogP contribution in [0.5, 0.6) is 5.75 Å². The van der Waals surface area contributed by atoms with Crippen molar-refractivity contribution in [2.24, 2.45) is 5.92 Å². The standard InChI is InChI=1S/C30H33F2N5O2/c1-3-10-37-11-4-5-19(15-37)16-39-28-27(34-17-35-29(28)33)24-13-22(31)14-26(18(24)2)36-30(38)23-9-8-21(12-25(23)32)20-6-7-20/h3,8-10,12-14,17,19-20H,4-7,11,15-16H2,1-2H3,(H,36,38)(H2,33,34,35). The first kappa shape index (κ1) is 26.6. The lowest BCUT2D eigenvalue weighted by atomic mass is 9.99. The van der Waals surface area contributed by atoms with Gasteiger partial charge in [0.25, 0.3) is 5.91 Å². The number of rotatable bonds is 8. The number of benzene rings is 2. The highest BCUT2D eigenvalue weighted by molar-refractivity contribution is 6.05. The average Bonchev–Trinajstić information content (AvgIpc) is 3.76. The van der Waals surface area contributed by atoms with Gasteiger partial charge in [0.1, 0.15) is 23.7 Å². The molecule has 0 spiro atoms. The van der Waals surface area contributed by atoms with E-state index < -0.39 is 17.5 Å². The van der Waals surface area contributed by atoms with Gasteiger partial charge in [0, 0.05) is 30.3 Å². The number of aromatic nitrogens is 2. The van der Waals surface area contributed by atoms with E-state index in [1.807, 2.05) is 13.0 Å². The third-order valence-electron chi connectivity index (χ3n) is 7.37. The largest absolute Gasteiger partial charge is 0.487 e. The molecule has 2 fully saturated rings. The van der Waals surface area contributed by atoms with Gasteiger partial charge < -0.3 is 20.7 Å². The fraction of sp³-hybridized carbons (Fsp3) is 0.367. The summed E-state index contributed by atoms with van der Waals surface area (Å²) in [4.78, 5) is 23.7. The second-order valence-electron chi connectivity index (χ2n) is 10.3. The molecule has 2 aliphatic rings. The molecule has 1 saturated carbocycles. The molecular weight excluding hydrogens is 500 g/mol. The highest BCUT2D eigenvalue weighted by Crippen LogP contribution is 2.41. The Morgan fingerprint density at radius 3 is 2.77 bits per heavy atom. The molecule has 0 bridgehead atoms. The Balaban J connectivity index is 1.39. The lowest BCUT2D eigenvalue weighted by Crippen LogP contribution is -2.34. The molecule has 1 unspecified atom stereocenters. The Kier molecular flexibility index (Phi) is 7.77. The Morgan fingerprint density at radius 1 is 1.21 bits per heavy atom. The molecule has 9 heteroatoms. The highest BCUT2D eigenvalue weighted by atomic mass is 19.1. The fourth-order valence-corrected chi connectivity index (χ4v) is 5.13. The lowest BCUT2D eigenvalue weighted by molar-refractivity contribution is 0.102. The Morgan fingerprint density at radius 2 is 2.03 bits per heavy atom. The summed E-state index contributed by atoms with van der Waals surface area (Å²) in [6, 6.07) is 7.19. The zero-order valence-corrected chi connectivity index (χ0v) is 22.2. The van der Waals surface area contributed by atoms with Gasteiger partial charge in [0.2, 0.25) is 0 Å². The van der Waals surface area contributed by atoms with Gasteiger partial charge in [-0.05, 0) is 87.0 Å². The van der Waals surface area contributed by atoms with Crippen LogP contribution in [0.15, 0.2) is 48.9 Å². The van der Waals surface area contributed by atoms with Crippen LogP contribution in [-0.2, 0) is 0 Å². The first-order valence-corrected chi connectivity index (χ1v) is 13.4. The van der Waals surface area contributed by atoms with Crippen molar-refractivity contribution in [3.05, 3.63) is 77.3 Å². The van der Waals surface area contributed by atoms with E-state index in [0.29, 0.717) is 29.3 Å². The third kappa shape index (κ3) is 6.02. The molecule has 1 saturated heterocycles. The number of carbonyl (C=O) groups is 1. The van der Waals surface area contributed by atoms with E-state index in [2.05, 4.69) is 26.4 Å². The molecule has 1 amide bonds. The zero-order chi connectivity index (χ0) is 27.5. The maximum absolute atomic E-state index is 14.8. The fourth-order valence-electron chi connectivity index (χ4n) is 5.13. The topological polar surface area (TPSA) is 93.4 Å². The summed E-state index contributed by atoms with van der Waals surface area (Å²) in [6.45, 7) is 6.00. The number of amides is 1. The first-order valence-electron chi connectivity index (χ1n) is 13.4. The van der Waals surface area contributed by atoms with Crippen LogP contribution < -0.4 is 15.8 Å². The molecule has 204 valence electrons. The lowest BCUT2D eigenvalue weighted by Gasteiger charge is -2.31. The molecule has 39 heavy (non-hydrogen) atoms. The number of likely N-dealkylation sites (tertiary alicyclic amines) is 1. The van der Waals surface area contributed by atoms with Gasteiger partial charge in [-0.1, -0.05) is 12.1 Å². The number of hydrogen-bond acceptors (Lipinski definition) is 6. The number of nitrogen functional groups attached to an aromatic ring is 1. The van der Waals surface area contributed by atoms with E-state index >= 15 is 0 Å². The van der Waals surface area contributed by atoms with Crippen molar-refractivity contribution in [3.8, 4) is 17.0 Å². The van der Waals surface area contributed by atoms with Crippen LogP contribution in [-0.4, -0.2) is 40.5 Å². The van der Waals surface area contributed by atoms with Crippen molar-refractivity contribution in [2.45, 2.75) is 45.4 Å². The molecule has 3 N–H and O–H groups in total. The number of piperidine rings is 1. The van der Waals surface area contributed by atoms with E-state index in [1.165, 1.54) is 30.6 Å². The molecule has 3 aromatic rings. The van der Waals surface area contributed by atoms with Crippen molar-refractivity contribution in [3.63, 3.8) is 0 Å². The number of anilines is 2. The minimum absolute atomic E-state index is 0.0978. The average molecular weight is 534 g/mol. The molecule has 1 aromatic heterocycles. The van der Waals surface area contributed by atoms with Gasteiger partial charge in [0.05, 0.1) is 12.2 Å². The summed E-state index contributed by atoms with van der Waals surface area (Å²) in [5.41, 5.74) is 8.46. The van der Waals surface area contributed by atoms with Crippen LogP contribution in [0.25, 0.3) is 11.3 Å². The predicted octanol–water partition coefficient (Wildman–Crippen LogP) is 6.07. The van der Waals surface area contributed by atoms with Gasteiger partial charge in [0.15, 0.2) is 11.6 Å². The molecule has 2 aromatic carbocycles. The number of allylic oxidation sites excluding steroid dienone is 1. The van der Waals surface area contributed by atoms with Gasteiger partial charge in [-0.2, -0.15) is 0 Å². The van der Waals surface area contributed by atoms with Crippen LogP contribution in [0.4, 0.5) is 20.3 Å². The number of nitrogens with zero attached hydrogens (tertiary/aromatic N) is 3. The van der Waals surface area contributed by atoms with Crippen molar-refractivity contribution >= 4 is 17.4 Å². The second kappa shape index (κ2) is 11.4. The summed E-state index contributed by atoms with van der Waals surface area (Å²) in [5, 5.41) is 2.67. The van der Waals surface area contributed by atoms with Gasteiger partial charge in [-0.25, -0.2) is 18.7 Å². The summed E-state index contributed by atoms with van der Waals surface area (Å²) < 4.78 is 35.7. The SMILES string of the molecule is CC=CN1CCCC(COc2c(N)ncnc2-c2cc(F)cc(NC(=O)c3ccc(C4CC4)cc3F)c2C)C1. The zero-order valence-electron chi connectivity index (χ0n) is 22.2. The normalized spacial score (nSPS) is 17.4. The number of hydrogen-bond donors (Lipinski definition) is 2. The first-order chi connectivity index (χ1) is 18.8. The van der Waals surface area contributed by atoms with Crippen molar-refractivity contribution < 1.29 is 18.3 Å². The quantitative estimate of drug-likeness (QED) is 0.365. The highest BCUT2D eigenvalue weighted by Gasteiger charge is 2.26. The third-order valence-corrected chi connectivity index (χ3v) is 7.37.